The Morgan fingerprint density at radius 3 is 2.50 bits per heavy atom. The molecule has 0 radical (unpaired) electrons. The number of oxime groups is 1. The zero-order valence-corrected chi connectivity index (χ0v) is 19.3. The Balaban J connectivity index is 1.88. The van der Waals surface area contributed by atoms with Gasteiger partial charge in [0.2, 0.25) is 0 Å². The van der Waals surface area contributed by atoms with E-state index in [1.54, 1.807) is 20.1 Å². The lowest BCUT2D eigenvalue weighted by Gasteiger charge is -2.11. The zero-order chi connectivity index (χ0) is 24.7. The average molecular weight is 457 g/mol. The number of rotatable bonds is 7. The van der Waals surface area contributed by atoms with Crippen molar-refractivity contribution in [2.75, 3.05) is 13.7 Å². The first-order valence-corrected chi connectivity index (χ1v) is 10.5. The number of amides is 1. The highest BCUT2D eigenvalue weighted by Crippen LogP contribution is 2.29. The molecule has 3 aromatic rings. The van der Waals surface area contributed by atoms with Gasteiger partial charge in [-0.3, -0.25) is 4.79 Å². The summed E-state index contributed by atoms with van der Waals surface area (Å²) >= 11 is 0. The molecule has 3 rings (SSSR count). The van der Waals surface area contributed by atoms with Crippen molar-refractivity contribution in [2.45, 2.75) is 13.8 Å². The van der Waals surface area contributed by atoms with Crippen LogP contribution in [0, 0.1) is 24.6 Å². The van der Waals surface area contributed by atoms with Gasteiger partial charge in [0.05, 0.1) is 11.3 Å². The Kier molecular flexibility index (Phi) is 7.96. The molecular weight excluding hydrogens is 431 g/mol. The molecule has 0 aromatic heterocycles. The lowest BCUT2D eigenvalue weighted by molar-refractivity contribution is 0.0996. The van der Waals surface area contributed by atoms with Gasteiger partial charge in [-0.25, -0.2) is 4.39 Å². The molecule has 1 amide bonds. The van der Waals surface area contributed by atoms with Crippen LogP contribution >= 0.6 is 0 Å². The van der Waals surface area contributed by atoms with Gasteiger partial charge in [-0.1, -0.05) is 66.0 Å². The van der Waals surface area contributed by atoms with Crippen LogP contribution in [0.2, 0.25) is 0 Å². The Morgan fingerprint density at radius 2 is 1.82 bits per heavy atom. The first kappa shape index (κ1) is 24.4. The first-order valence-electron chi connectivity index (χ1n) is 10.5. The van der Waals surface area contributed by atoms with Crippen LogP contribution in [0.1, 0.15) is 39.5 Å². The fraction of sp³-hybridized carbons (Fsp3) is 0.143. The normalized spacial score (nSPS) is 10.9. The largest absolute Gasteiger partial charge is 0.372 e. The van der Waals surface area contributed by atoms with Crippen LogP contribution in [0.15, 0.2) is 72.4 Å². The maximum absolute atomic E-state index is 14.1. The van der Waals surface area contributed by atoms with Crippen molar-refractivity contribution in [1.82, 2.24) is 0 Å². The molecule has 0 spiro atoms. The lowest BCUT2D eigenvalue weighted by Crippen LogP contribution is -2.13. The van der Waals surface area contributed by atoms with Gasteiger partial charge in [-0.2, -0.15) is 0 Å². The number of nitrogens with two attached hydrogens (primary N) is 1. The van der Waals surface area contributed by atoms with Gasteiger partial charge < -0.3 is 15.3 Å². The second kappa shape index (κ2) is 11.1. The predicted molar refractivity (Wildman–Crippen MR) is 133 cm³/mol. The van der Waals surface area contributed by atoms with E-state index in [0.29, 0.717) is 29.2 Å². The van der Waals surface area contributed by atoms with E-state index in [2.05, 4.69) is 23.6 Å². The highest BCUT2D eigenvalue weighted by molar-refractivity contribution is 6.00. The molecule has 5 nitrogen and oxygen atoms in total. The summed E-state index contributed by atoms with van der Waals surface area (Å²) in [7, 11) is 1.59. The highest BCUT2D eigenvalue weighted by Gasteiger charge is 2.12. The molecule has 0 unspecified atom stereocenters. The third-order valence-corrected chi connectivity index (χ3v) is 5.16. The lowest BCUT2D eigenvalue weighted by atomic mass is 9.94. The predicted octanol–water partition coefficient (Wildman–Crippen LogP) is 5.31. The number of carbonyl (C=O) groups excluding carboxylic acids is 1. The molecule has 0 aliphatic carbocycles. The van der Waals surface area contributed by atoms with Crippen molar-refractivity contribution < 1.29 is 18.8 Å². The molecule has 0 bridgehead atoms. The summed E-state index contributed by atoms with van der Waals surface area (Å²) in [6.45, 7) is 7.99. The van der Waals surface area contributed by atoms with Crippen LogP contribution in [0.5, 0.6) is 0 Å². The Morgan fingerprint density at radius 1 is 1.09 bits per heavy atom. The Labute approximate surface area is 198 Å². The van der Waals surface area contributed by atoms with Crippen molar-refractivity contribution >= 4 is 17.4 Å². The van der Waals surface area contributed by atoms with Crippen LogP contribution in [-0.2, 0) is 9.57 Å². The number of ether oxygens (including phenoxy) is 1. The number of methoxy groups -OCH3 is 1. The number of halogens is 1. The quantitative estimate of drug-likeness (QED) is 0.227. The molecule has 0 aliphatic rings. The van der Waals surface area contributed by atoms with Gasteiger partial charge in [-0.15, -0.1) is 0 Å². The zero-order valence-electron chi connectivity index (χ0n) is 19.3. The van der Waals surface area contributed by atoms with Crippen LogP contribution in [0.4, 0.5) is 4.39 Å². The molecule has 0 fully saturated rings. The standard InChI is InChI=1S/C28H25FN2O3/c1-18-8-5-6-10-24(18)25-13-12-22(16-23(25)9-7-15-33-4)20(3)34-31-19(2)21-11-14-26(28(30)32)27(29)17-21/h5-6,8,10-14,16-17H,3,15H2,1-2,4H3,(H2,30,32)/b31-19+. The van der Waals surface area contributed by atoms with Gasteiger partial charge in [0.1, 0.15) is 12.4 Å². The van der Waals surface area contributed by atoms with Gasteiger partial charge in [0, 0.05) is 23.8 Å². The van der Waals surface area contributed by atoms with E-state index in [0.717, 1.165) is 22.3 Å². The molecule has 0 atom stereocenters. The van der Waals surface area contributed by atoms with E-state index >= 15 is 0 Å². The molecular formula is C28H25FN2O3. The smallest absolute Gasteiger partial charge is 0.251 e. The highest BCUT2D eigenvalue weighted by atomic mass is 19.1. The number of primary amides is 1. The number of hydrogen-bond acceptors (Lipinski definition) is 4. The molecule has 6 heteroatoms. The second-order valence-electron chi connectivity index (χ2n) is 7.56. The van der Waals surface area contributed by atoms with Crippen LogP contribution in [0.25, 0.3) is 16.9 Å². The van der Waals surface area contributed by atoms with Crippen LogP contribution in [0.3, 0.4) is 0 Å². The SMILES string of the molecule is C=C(O/N=C(\C)c1ccc(C(N)=O)c(F)c1)c1ccc(-c2ccccc2C)c(C#CCOC)c1. The van der Waals surface area contributed by atoms with Gasteiger partial charge in [0.15, 0.2) is 5.76 Å². The number of aryl methyl sites for hydroxylation is 1. The minimum Gasteiger partial charge on any atom is -0.372 e. The number of carbonyl (C=O) groups is 1. The molecule has 0 saturated heterocycles. The minimum atomic E-state index is -0.832. The van der Waals surface area contributed by atoms with E-state index in [4.69, 9.17) is 15.3 Å². The summed E-state index contributed by atoms with van der Waals surface area (Å²) < 4.78 is 19.1. The van der Waals surface area contributed by atoms with Gasteiger partial charge in [0.25, 0.3) is 5.91 Å². The summed E-state index contributed by atoms with van der Waals surface area (Å²) in [6, 6.07) is 17.9. The summed E-state index contributed by atoms with van der Waals surface area (Å²) in [5, 5.41) is 4.06. The maximum atomic E-state index is 14.1. The summed E-state index contributed by atoms with van der Waals surface area (Å²) in [5.41, 5.74) is 10.5. The van der Waals surface area contributed by atoms with E-state index < -0.39 is 11.7 Å². The summed E-state index contributed by atoms with van der Waals surface area (Å²) in [4.78, 5) is 16.7. The second-order valence-corrected chi connectivity index (χ2v) is 7.56. The van der Waals surface area contributed by atoms with Crippen LogP contribution in [-0.4, -0.2) is 25.3 Å². The monoisotopic (exact) mass is 456 g/mol. The Hall–Kier alpha value is -4.21. The van der Waals surface area contributed by atoms with Crippen molar-refractivity contribution in [2.24, 2.45) is 10.9 Å². The molecule has 0 saturated carbocycles. The third kappa shape index (κ3) is 5.77. The van der Waals surface area contributed by atoms with E-state index in [1.165, 1.54) is 12.1 Å². The van der Waals surface area contributed by atoms with Crippen molar-refractivity contribution in [3.63, 3.8) is 0 Å². The minimum absolute atomic E-state index is 0.183. The molecule has 3 aromatic carbocycles. The number of nitrogens with zero attached hydrogens (tertiary/aromatic N) is 1. The maximum Gasteiger partial charge on any atom is 0.251 e. The van der Waals surface area contributed by atoms with Gasteiger partial charge in [-0.05, 0) is 48.7 Å². The van der Waals surface area contributed by atoms with E-state index in [1.807, 2.05) is 49.4 Å². The van der Waals surface area contributed by atoms with Crippen molar-refractivity contribution in [3.05, 3.63) is 101 Å². The molecule has 0 aliphatic heterocycles. The number of hydrogen-bond donors (Lipinski definition) is 1. The van der Waals surface area contributed by atoms with Crippen molar-refractivity contribution in [3.8, 4) is 23.0 Å². The molecule has 2 N–H and O–H groups in total. The fourth-order valence-corrected chi connectivity index (χ4v) is 3.30. The van der Waals surface area contributed by atoms with E-state index in [-0.39, 0.29) is 5.56 Å². The fourth-order valence-electron chi connectivity index (χ4n) is 3.30. The van der Waals surface area contributed by atoms with Gasteiger partial charge >= 0.3 is 0 Å². The third-order valence-electron chi connectivity index (χ3n) is 5.16. The van der Waals surface area contributed by atoms with Crippen molar-refractivity contribution in [1.29, 1.82) is 0 Å². The average Bonchev–Trinajstić information content (AvgIpc) is 2.82. The molecule has 0 heterocycles. The topological polar surface area (TPSA) is 73.9 Å². The van der Waals surface area contributed by atoms with E-state index in [9.17, 15) is 9.18 Å². The summed E-state index contributed by atoms with van der Waals surface area (Å²) in [5.74, 6) is 4.91. The summed E-state index contributed by atoms with van der Waals surface area (Å²) in [6.07, 6.45) is 0. The molecule has 34 heavy (non-hydrogen) atoms. The van der Waals surface area contributed by atoms with Crippen LogP contribution < -0.4 is 5.73 Å². The molecule has 172 valence electrons. The number of benzene rings is 3. The first-order chi connectivity index (χ1) is 16.3. The Bertz CT molecular complexity index is 1330.